The largest absolute Gasteiger partial charge is 0.399 e. The minimum atomic E-state index is -0.240. The summed E-state index contributed by atoms with van der Waals surface area (Å²) < 4.78 is 4.92. The number of H-pyrrole nitrogens is 1. The Hall–Kier alpha value is -2.83. The standard InChI is InChI=1S/C13H13N5O2/c1-7-16-12(20-18-7)6-15-13(19)11-5-8-4-9(14)2-3-10(8)17-11/h2-5,17H,6,14H2,1H3,(H,15,19). The van der Waals surface area contributed by atoms with E-state index in [1.54, 1.807) is 19.1 Å². The van der Waals surface area contributed by atoms with Crippen LogP contribution < -0.4 is 11.1 Å². The topological polar surface area (TPSA) is 110 Å². The highest BCUT2D eigenvalue weighted by Crippen LogP contribution is 2.18. The Kier molecular flexibility index (Phi) is 2.86. The normalized spacial score (nSPS) is 10.8. The van der Waals surface area contributed by atoms with Crippen molar-refractivity contribution in [2.24, 2.45) is 0 Å². The summed E-state index contributed by atoms with van der Waals surface area (Å²) >= 11 is 0. The molecular formula is C13H13N5O2. The first kappa shape index (κ1) is 12.2. The van der Waals surface area contributed by atoms with Crippen LogP contribution in [0.5, 0.6) is 0 Å². The maximum atomic E-state index is 12.0. The molecule has 0 atom stereocenters. The summed E-state index contributed by atoms with van der Waals surface area (Å²) in [5, 5.41) is 7.25. The predicted octanol–water partition coefficient (Wildman–Crippen LogP) is 1.37. The van der Waals surface area contributed by atoms with Crippen molar-refractivity contribution in [3.05, 3.63) is 41.7 Å². The van der Waals surface area contributed by atoms with Crippen molar-refractivity contribution >= 4 is 22.5 Å². The maximum Gasteiger partial charge on any atom is 0.268 e. The van der Waals surface area contributed by atoms with Gasteiger partial charge < -0.3 is 20.6 Å². The Labute approximate surface area is 114 Å². The number of rotatable bonds is 3. The van der Waals surface area contributed by atoms with Crippen LogP contribution >= 0.6 is 0 Å². The molecule has 0 saturated heterocycles. The van der Waals surface area contributed by atoms with Gasteiger partial charge in [-0.2, -0.15) is 4.98 Å². The lowest BCUT2D eigenvalue weighted by atomic mass is 10.2. The monoisotopic (exact) mass is 271 g/mol. The lowest BCUT2D eigenvalue weighted by Crippen LogP contribution is -2.23. The summed E-state index contributed by atoms with van der Waals surface area (Å²) in [7, 11) is 0. The number of nitrogen functional groups attached to an aromatic ring is 1. The number of fused-ring (bicyclic) bond motifs is 1. The summed E-state index contributed by atoms with van der Waals surface area (Å²) in [6, 6.07) is 7.18. The highest BCUT2D eigenvalue weighted by atomic mass is 16.5. The van der Waals surface area contributed by atoms with Gasteiger partial charge in [0.05, 0.1) is 6.54 Å². The molecular weight excluding hydrogens is 258 g/mol. The smallest absolute Gasteiger partial charge is 0.268 e. The zero-order valence-electron chi connectivity index (χ0n) is 10.8. The molecule has 0 radical (unpaired) electrons. The van der Waals surface area contributed by atoms with Crippen LogP contribution in [-0.2, 0) is 6.54 Å². The number of aromatic nitrogens is 3. The fraction of sp³-hybridized carbons (Fsp3) is 0.154. The number of anilines is 1. The molecule has 0 spiro atoms. The summed E-state index contributed by atoms with van der Waals surface area (Å²) in [6.45, 7) is 1.91. The lowest BCUT2D eigenvalue weighted by molar-refractivity contribution is 0.0942. The number of nitrogens with one attached hydrogen (secondary N) is 2. The number of aromatic amines is 1. The zero-order valence-corrected chi connectivity index (χ0v) is 10.8. The van der Waals surface area contributed by atoms with E-state index in [9.17, 15) is 4.79 Å². The van der Waals surface area contributed by atoms with Gasteiger partial charge in [-0.3, -0.25) is 4.79 Å². The molecule has 3 aromatic rings. The Morgan fingerprint density at radius 1 is 1.45 bits per heavy atom. The van der Waals surface area contributed by atoms with Crippen molar-refractivity contribution in [2.75, 3.05) is 5.73 Å². The molecule has 0 saturated carbocycles. The third-order valence-corrected chi connectivity index (χ3v) is 2.86. The first-order chi connectivity index (χ1) is 9.61. The molecule has 20 heavy (non-hydrogen) atoms. The van der Waals surface area contributed by atoms with Gasteiger partial charge >= 0.3 is 0 Å². The number of hydrogen-bond donors (Lipinski definition) is 3. The van der Waals surface area contributed by atoms with Crippen LogP contribution in [0.3, 0.4) is 0 Å². The number of carbonyl (C=O) groups is 1. The van der Waals surface area contributed by atoms with Crippen molar-refractivity contribution in [3.8, 4) is 0 Å². The average Bonchev–Trinajstić information content (AvgIpc) is 3.01. The molecule has 0 aliphatic carbocycles. The Bertz CT molecular complexity index is 774. The van der Waals surface area contributed by atoms with E-state index < -0.39 is 0 Å². The second kappa shape index (κ2) is 4.69. The molecule has 0 fully saturated rings. The van der Waals surface area contributed by atoms with E-state index in [1.165, 1.54) is 0 Å². The quantitative estimate of drug-likeness (QED) is 0.623. The van der Waals surface area contributed by atoms with Gasteiger partial charge in [-0.05, 0) is 31.2 Å². The molecule has 1 aromatic carbocycles. The van der Waals surface area contributed by atoms with Crippen LogP contribution in [0.25, 0.3) is 10.9 Å². The van der Waals surface area contributed by atoms with Crippen molar-refractivity contribution in [1.82, 2.24) is 20.4 Å². The highest BCUT2D eigenvalue weighted by Gasteiger charge is 2.11. The minimum Gasteiger partial charge on any atom is -0.399 e. The van der Waals surface area contributed by atoms with Gasteiger partial charge in [0.25, 0.3) is 5.91 Å². The van der Waals surface area contributed by atoms with E-state index in [-0.39, 0.29) is 12.5 Å². The van der Waals surface area contributed by atoms with Crippen LogP contribution in [0.4, 0.5) is 5.69 Å². The van der Waals surface area contributed by atoms with Crippen LogP contribution in [0.15, 0.2) is 28.8 Å². The number of nitrogens with two attached hydrogens (primary N) is 1. The minimum absolute atomic E-state index is 0.192. The number of hydrogen-bond acceptors (Lipinski definition) is 5. The van der Waals surface area contributed by atoms with Crippen molar-refractivity contribution in [1.29, 1.82) is 0 Å². The number of nitrogens with zero attached hydrogens (tertiary/aromatic N) is 2. The average molecular weight is 271 g/mol. The molecule has 4 N–H and O–H groups in total. The van der Waals surface area contributed by atoms with Crippen LogP contribution in [-0.4, -0.2) is 21.0 Å². The number of benzene rings is 1. The summed E-state index contributed by atoms with van der Waals surface area (Å²) in [6.07, 6.45) is 0. The molecule has 3 rings (SSSR count). The maximum absolute atomic E-state index is 12.0. The predicted molar refractivity (Wildman–Crippen MR) is 72.9 cm³/mol. The van der Waals surface area contributed by atoms with E-state index in [0.29, 0.717) is 23.1 Å². The second-order valence-electron chi connectivity index (χ2n) is 4.45. The van der Waals surface area contributed by atoms with Crippen LogP contribution in [0.1, 0.15) is 22.2 Å². The molecule has 0 aliphatic rings. The van der Waals surface area contributed by atoms with Crippen LogP contribution in [0, 0.1) is 6.92 Å². The fourth-order valence-electron chi connectivity index (χ4n) is 1.94. The first-order valence-electron chi connectivity index (χ1n) is 6.07. The van der Waals surface area contributed by atoms with Crippen LogP contribution in [0.2, 0.25) is 0 Å². The van der Waals surface area contributed by atoms with E-state index >= 15 is 0 Å². The van der Waals surface area contributed by atoms with Gasteiger partial charge in [0.2, 0.25) is 5.89 Å². The Morgan fingerprint density at radius 2 is 2.30 bits per heavy atom. The third-order valence-electron chi connectivity index (χ3n) is 2.86. The number of amides is 1. The van der Waals surface area contributed by atoms with E-state index in [4.69, 9.17) is 10.3 Å². The number of aryl methyl sites for hydroxylation is 1. The van der Waals surface area contributed by atoms with Crippen molar-refractivity contribution in [2.45, 2.75) is 13.5 Å². The summed E-state index contributed by atoms with van der Waals surface area (Å²) in [4.78, 5) is 19.1. The fourth-order valence-corrected chi connectivity index (χ4v) is 1.94. The van der Waals surface area contributed by atoms with Gasteiger partial charge in [-0.25, -0.2) is 0 Å². The Balaban J connectivity index is 1.75. The first-order valence-corrected chi connectivity index (χ1v) is 6.07. The molecule has 7 nitrogen and oxygen atoms in total. The molecule has 2 heterocycles. The molecule has 7 heteroatoms. The summed E-state index contributed by atoms with van der Waals surface area (Å²) in [5.74, 6) is 0.669. The highest BCUT2D eigenvalue weighted by molar-refractivity contribution is 5.98. The molecule has 2 aromatic heterocycles. The van der Waals surface area contributed by atoms with E-state index in [0.717, 1.165) is 10.9 Å². The van der Waals surface area contributed by atoms with Gasteiger partial charge in [0.15, 0.2) is 5.82 Å². The SMILES string of the molecule is Cc1noc(CNC(=O)c2cc3cc(N)ccc3[nH]2)n1. The van der Waals surface area contributed by atoms with E-state index in [1.807, 2.05) is 12.1 Å². The van der Waals surface area contributed by atoms with Gasteiger partial charge in [-0.15, -0.1) is 0 Å². The molecule has 102 valence electrons. The molecule has 0 aliphatic heterocycles. The molecule has 0 bridgehead atoms. The van der Waals surface area contributed by atoms with Crippen molar-refractivity contribution < 1.29 is 9.32 Å². The van der Waals surface area contributed by atoms with E-state index in [2.05, 4.69) is 20.4 Å². The zero-order chi connectivity index (χ0) is 14.1. The summed E-state index contributed by atoms with van der Waals surface area (Å²) in [5.41, 5.74) is 7.68. The number of carbonyl (C=O) groups excluding carboxylic acids is 1. The molecule has 1 amide bonds. The van der Waals surface area contributed by atoms with Gasteiger partial charge in [0, 0.05) is 16.6 Å². The Morgan fingerprint density at radius 3 is 3.05 bits per heavy atom. The van der Waals surface area contributed by atoms with Gasteiger partial charge in [-0.1, -0.05) is 5.16 Å². The second-order valence-corrected chi connectivity index (χ2v) is 4.45. The van der Waals surface area contributed by atoms with Gasteiger partial charge in [0.1, 0.15) is 5.69 Å². The lowest BCUT2D eigenvalue weighted by Gasteiger charge is -1.98. The third kappa shape index (κ3) is 2.33. The van der Waals surface area contributed by atoms with Crippen molar-refractivity contribution in [3.63, 3.8) is 0 Å². The molecule has 0 unspecified atom stereocenters.